The van der Waals surface area contributed by atoms with E-state index in [1.165, 1.54) is 35.6 Å². The van der Waals surface area contributed by atoms with E-state index in [4.69, 9.17) is 4.74 Å². The molecule has 2 fully saturated rings. The molecule has 2 bridgehead atoms. The number of fused-ring (bicyclic) bond motifs is 3. The molecule has 4 rings (SSSR count). The normalized spacial score (nSPS) is 32.6. The molecule has 23 heavy (non-hydrogen) atoms. The average molecular weight is 306 g/mol. The number of hydrogen-bond donors (Lipinski definition) is 0. The van der Waals surface area contributed by atoms with Crippen molar-refractivity contribution >= 4 is 10.8 Å². The lowest BCUT2D eigenvalue weighted by Gasteiger charge is -2.44. The molecule has 0 radical (unpaired) electrons. The molecular weight excluding hydrogens is 280 g/mol. The van der Waals surface area contributed by atoms with Gasteiger partial charge in [0, 0.05) is 5.41 Å². The lowest BCUT2D eigenvalue weighted by Crippen LogP contribution is -2.41. The van der Waals surface area contributed by atoms with Crippen LogP contribution in [0.4, 0.5) is 0 Å². The lowest BCUT2D eigenvalue weighted by molar-refractivity contribution is 0.0532. The van der Waals surface area contributed by atoms with Crippen LogP contribution in [-0.2, 0) is 10.2 Å². The van der Waals surface area contributed by atoms with Gasteiger partial charge in [0.2, 0.25) is 0 Å². The standard InChI is InChI=1S/C22H26O/c1-4-23-21-13-20-12-18(21)14-22(20,15(2)3)19-10-9-16-7-5-6-8-17(16)11-19/h4-11,15,18,20-21H,1,12-14H2,2-3H3. The first kappa shape index (κ1) is 14.8. The Labute approximate surface area is 139 Å². The van der Waals surface area contributed by atoms with E-state index >= 15 is 0 Å². The Bertz CT molecular complexity index is 732. The Balaban J connectivity index is 1.75. The van der Waals surface area contributed by atoms with E-state index in [0.717, 1.165) is 5.92 Å². The molecule has 120 valence electrons. The first-order chi connectivity index (χ1) is 11.1. The molecule has 0 N–H and O–H groups in total. The van der Waals surface area contributed by atoms with Gasteiger partial charge in [-0.15, -0.1) is 0 Å². The van der Waals surface area contributed by atoms with Crippen LogP contribution in [-0.4, -0.2) is 6.10 Å². The highest BCUT2D eigenvalue weighted by molar-refractivity contribution is 5.83. The zero-order valence-electron chi connectivity index (χ0n) is 14.2. The third-order valence-corrected chi connectivity index (χ3v) is 6.55. The largest absolute Gasteiger partial charge is 0.498 e. The smallest absolute Gasteiger partial charge is 0.101 e. The fourth-order valence-electron chi connectivity index (χ4n) is 5.49. The fraction of sp³-hybridized carbons (Fsp3) is 0.455. The van der Waals surface area contributed by atoms with E-state index in [2.05, 4.69) is 62.9 Å². The van der Waals surface area contributed by atoms with Crippen LogP contribution in [0.2, 0.25) is 0 Å². The molecule has 2 aliphatic rings. The minimum Gasteiger partial charge on any atom is -0.498 e. The average Bonchev–Trinajstić information content (AvgIpc) is 3.13. The van der Waals surface area contributed by atoms with Crippen LogP contribution < -0.4 is 0 Å². The second kappa shape index (κ2) is 5.40. The maximum atomic E-state index is 5.78. The minimum absolute atomic E-state index is 0.315. The molecule has 0 aromatic heterocycles. The summed E-state index contributed by atoms with van der Waals surface area (Å²) in [4.78, 5) is 0. The van der Waals surface area contributed by atoms with Crippen molar-refractivity contribution in [2.24, 2.45) is 17.8 Å². The third-order valence-electron chi connectivity index (χ3n) is 6.55. The van der Waals surface area contributed by atoms with Gasteiger partial charge in [-0.1, -0.05) is 62.9 Å². The first-order valence-electron chi connectivity index (χ1n) is 8.91. The SMILES string of the molecule is C=COC1CC2CC1CC2(c1ccc2ccccc2c1)C(C)C. The van der Waals surface area contributed by atoms with Gasteiger partial charge in [-0.05, 0) is 53.4 Å². The van der Waals surface area contributed by atoms with Crippen LogP contribution in [0, 0.1) is 17.8 Å². The molecule has 2 aromatic carbocycles. The van der Waals surface area contributed by atoms with Crippen LogP contribution in [0.1, 0.15) is 38.7 Å². The predicted molar refractivity (Wildman–Crippen MR) is 96.4 cm³/mol. The van der Waals surface area contributed by atoms with Gasteiger partial charge in [0.15, 0.2) is 0 Å². The van der Waals surface area contributed by atoms with E-state index in [9.17, 15) is 0 Å². The molecule has 2 aromatic rings. The zero-order valence-corrected chi connectivity index (χ0v) is 14.2. The maximum absolute atomic E-state index is 5.78. The van der Waals surface area contributed by atoms with Gasteiger partial charge in [0.25, 0.3) is 0 Å². The second-order valence-corrected chi connectivity index (χ2v) is 7.73. The third kappa shape index (κ3) is 2.13. The van der Waals surface area contributed by atoms with Gasteiger partial charge in [0.05, 0.1) is 6.26 Å². The molecule has 4 atom stereocenters. The van der Waals surface area contributed by atoms with Gasteiger partial charge < -0.3 is 4.74 Å². The molecular formula is C22H26O. The van der Waals surface area contributed by atoms with Crippen molar-refractivity contribution in [2.75, 3.05) is 0 Å². The summed E-state index contributed by atoms with van der Waals surface area (Å²) in [7, 11) is 0. The Kier molecular flexibility index (Phi) is 3.48. The Morgan fingerprint density at radius 3 is 2.57 bits per heavy atom. The van der Waals surface area contributed by atoms with Gasteiger partial charge in [-0.25, -0.2) is 0 Å². The van der Waals surface area contributed by atoms with Crippen molar-refractivity contribution in [3.63, 3.8) is 0 Å². The summed E-state index contributed by atoms with van der Waals surface area (Å²) < 4.78 is 5.78. The highest BCUT2D eigenvalue weighted by Crippen LogP contribution is 2.61. The number of benzene rings is 2. The number of rotatable bonds is 4. The van der Waals surface area contributed by atoms with Crippen molar-refractivity contribution in [1.29, 1.82) is 0 Å². The molecule has 0 aliphatic heterocycles. The van der Waals surface area contributed by atoms with Crippen LogP contribution in [0.5, 0.6) is 0 Å². The molecule has 2 aliphatic carbocycles. The highest BCUT2D eigenvalue weighted by atomic mass is 16.5. The summed E-state index contributed by atoms with van der Waals surface area (Å²) in [5.41, 5.74) is 1.85. The van der Waals surface area contributed by atoms with Crippen molar-refractivity contribution in [2.45, 2.75) is 44.6 Å². The summed E-state index contributed by atoms with van der Waals surface area (Å²) in [5.74, 6) is 2.08. The molecule has 4 unspecified atom stereocenters. The Hall–Kier alpha value is -1.76. The van der Waals surface area contributed by atoms with E-state index < -0.39 is 0 Å². The molecule has 2 saturated carbocycles. The van der Waals surface area contributed by atoms with Crippen molar-refractivity contribution in [1.82, 2.24) is 0 Å². The van der Waals surface area contributed by atoms with Crippen molar-refractivity contribution in [3.8, 4) is 0 Å². The van der Waals surface area contributed by atoms with E-state index in [1.54, 1.807) is 6.26 Å². The monoisotopic (exact) mass is 306 g/mol. The number of ether oxygens (including phenoxy) is 1. The summed E-state index contributed by atoms with van der Waals surface area (Å²) in [6, 6.07) is 15.8. The Morgan fingerprint density at radius 2 is 1.91 bits per heavy atom. The second-order valence-electron chi connectivity index (χ2n) is 7.73. The first-order valence-corrected chi connectivity index (χ1v) is 8.91. The summed E-state index contributed by atoms with van der Waals surface area (Å²) >= 11 is 0. The van der Waals surface area contributed by atoms with Crippen molar-refractivity contribution in [3.05, 3.63) is 60.9 Å². The summed E-state index contributed by atoms with van der Waals surface area (Å²) in [5, 5.41) is 2.71. The van der Waals surface area contributed by atoms with Crippen LogP contribution in [0.15, 0.2) is 55.3 Å². The van der Waals surface area contributed by atoms with Gasteiger partial charge in [-0.3, -0.25) is 0 Å². The van der Waals surface area contributed by atoms with Crippen LogP contribution in [0.3, 0.4) is 0 Å². The molecule has 0 heterocycles. The predicted octanol–water partition coefficient (Wildman–Crippen LogP) is 5.69. The molecule has 0 spiro atoms. The van der Waals surface area contributed by atoms with Gasteiger partial charge in [0.1, 0.15) is 6.10 Å². The Morgan fingerprint density at radius 1 is 1.13 bits per heavy atom. The van der Waals surface area contributed by atoms with Crippen molar-refractivity contribution < 1.29 is 4.74 Å². The fourth-order valence-corrected chi connectivity index (χ4v) is 5.49. The lowest BCUT2D eigenvalue weighted by atomic mass is 9.61. The number of hydrogen-bond acceptors (Lipinski definition) is 1. The van der Waals surface area contributed by atoms with E-state index in [-0.39, 0.29) is 0 Å². The zero-order chi connectivity index (χ0) is 16.0. The van der Waals surface area contributed by atoms with Gasteiger partial charge >= 0.3 is 0 Å². The molecule has 1 heteroatoms. The van der Waals surface area contributed by atoms with E-state index in [0.29, 0.717) is 23.4 Å². The van der Waals surface area contributed by atoms with Gasteiger partial charge in [-0.2, -0.15) is 0 Å². The minimum atomic E-state index is 0.315. The van der Waals surface area contributed by atoms with E-state index in [1.807, 2.05) is 0 Å². The highest BCUT2D eigenvalue weighted by Gasteiger charge is 2.57. The topological polar surface area (TPSA) is 9.23 Å². The van der Waals surface area contributed by atoms with Crippen LogP contribution >= 0.6 is 0 Å². The molecule has 0 amide bonds. The summed E-state index contributed by atoms with van der Waals surface area (Å²) in [6.07, 6.45) is 5.78. The summed E-state index contributed by atoms with van der Waals surface area (Å²) in [6.45, 7) is 8.55. The van der Waals surface area contributed by atoms with Crippen LogP contribution in [0.25, 0.3) is 10.8 Å². The quantitative estimate of drug-likeness (QED) is 0.659. The maximum Gasteiger partial charge on any atom is 0.101 e. The molecule has 1 nitrogen and oxygen atoms in total. The molecule has 0 saturated heterocycles.